The minimum atomic E-state index is 0.494. The van der Waals surface area contributed by atoms with Gasteiger partial charge >= 0.3 is 0 Å². The van der Waals surface area contributed by atoms with Crippen molar-refractivity contribution < 1.29 is 0 Å². The third-order valence-corrected chi connectivity index (χ3v) is 5.25. The van der Waals surface area contributed by atoms with Gasteiger partial charge in [0.1, 0.15) is 5.01 Å². The second-order valence-corrected chi connectivity index (χ2v) is 6.70. The van der Waals surface area contributed by atoms with Crippen molar-refractivity contribution in [2.75, 3.05) is 0 Å². The molecule has 1 aromatic heterocycles. The van der Waals surface area contributed by atoms with Crippen LogP contribution in [-0.4, -0.2) is 4.98 Å². The minimum Gasteiger partial charge on any atom is -0.236 e. The van der Waals surface area contributed by atoms with Crippen LogP contribution in [0, 0.1) is 6.92 Å². The normalized spacial score (nSPS) is 10.9. The fourth-order valence-corrected chi connectivity index (χ4v) is 3.69. The Kier molecular flexibility index (Phi) is 4.60. The van der Waals surface area contributed by atoms with Gasteiger partial charge in [-0.3, -0.25) is 0 Å². The van der Waals surface area contributed by atoms with Gasteiger partial charge in [-0.1, -0.05) is 55.0 Å². The van der Waals surface area contributed by atoms with Crippen molar-refractivity contribution in [3.8, 4) is 21.8 Å². The van der Waals surface area contributed by atoms with Gasteiger partial charge in [-0.25, -0.2) is 4.98 Å². The van der Waals surface area contributed by atoms with Crippen molar-refractivity contribution in [3.63, 3.8) is 0 Å². The van der Waals surface area contributed by atoms with Crippen LogP contribution in [0.1, 0.15) is 22.9 Å². The molecule has 3 rings (SSSR count). The smallest absolute Gasteiger partial charge is 0.124 e. The summed E-state index contributed by atoms with van der Waals surface area (Å²) in [6.45, 7) is 4.27. The summed E-state index contributed by atoms with van der Waals surface area (Å²) in [5.41, 5.74) is 5.90. The Morgan fingerprint density at radius 3 is 2.45 bits per heavy atom. The Morgan fingerprint density at radius 2 is 1.82 bits per heavy atom. The Balaban J connectivity index is 2.04. The van der Waals surface area contributed by atoms with Crippen molar-refractivity contribution >= 4 is 22.9 Å². The van der Waals surface area contributed by atoms with Crippen molar-refractivity contribution in [2.24, 2.45) is 0 Å². The number of thiazole rings is 1. The highest BCUT2D eigenvalue weighted by atomic mass is 35.5. The summed E-state index contributed by atoms with van der Waals surface area (Å²) in [6, 6.07) is 17.1. The molecule has 0 aliphatic carbocycles. The van der Waals surface area contributed by atoms with Gasteiger partial charge in [0, 0.05) is 16.0 Å². The largest absolute Gasteiger partial charge is 0.236 e. The molecule has 0 bridgehead atoms. The molecule has 0 atom stereocenters. The molecule has 112 valence electrons. The number of hydrogen-bond acceptors (Lipinski definition) is 2. The zero-order valence-corrected chi connectivity index (χ0v) is 14.3. The topological polar surface area (TPSA) is 12.9 Å². The predicted octanol–water partition coefficient (Wildman–Crippen LogP) is 6.09. The molecule has 0 fully saturated rings. The minimum absolute atomic E-state index is 0.494. The maximum atomic E-state index is 6.14. The highest BCUT2D eigenvalue weighted by Crippen LogP contribution is 2.35. The number of benzene rings is 2. The van der Waals surface area contributed by atoms with Gasteiger partial charge in [-0.15, -0.1) is 22.9 Å². The van der Waals surface area contributed by atoms with Crippen molar-refractivity contribution in [1.82, 2.24) is 4.98 Å². The number of aryl methyl sites for hydroxylation is 2. The first-order valence-electron chi connectivity index (χ1n) is 7.43. The molecule has 0 radical (unpaired) electrons. The lowest BCUT2D eigenvalue weighted by molar-refractivity contribution is 1.14. The monoisotopic (exact) mass is 327 g/mol. The van der Waals surface area contributed by atoms with E-state index in [4.69, 9.17) is 16.6 Å². The second kappa shape index (κ2) is 6.64. The van der Waals surface area contributed by atoms with Crippen LogP contribution in [0.4, 0.5) is 0 Å². The second-order valence-electron chi connectivity index (χ2n) is 5.34. The Hall–Kier alpha value is -1.64. The van der Waals surface area contributed by atoms with E-state index >= 15 is 0 Å². The van der Waals surface area contributed by atoms with Gasteiger partial charge in [0.15, 0.2) is 0 Å². The molecule has 2 aromatic carbocycles. The standard InChI is InChI=1S/C19H18ClNS/c1-3-14-7-9-15(10-8-14)18-17(12-20)22-19(21-18)16-6-4-5-13(2)11-16/h4-11H,3,12H2,1-2H3. The molecule has 0 aliphatic rings. The molecule has 0 amide bonds. The SMILES string of the molecule is CCc1ccc(-c2nc(-c3cccc(C)c3)sc2CCl)cc1. The first kappa shape index (κ1) is 15.3. The van der Waals surface area contributed by atoms with Gasteiger partial charge < -0.3 is 0 Å². The number of rotatable bonds is 4. The fraction of sp³-hybridized carbons (Fsp3) is 0.211. The van der Waals surface area contributed by atoms with Crippen molar-refractivity contribution in [2.45, 2.75) is 26.1 Å². The molecule has 0 unspecified atom stereocenters. The molecule has 0 N–H and O–H groups in total. The summed E-state index contributed by atoms with van der Waals surface area (Å²) in [5, 5.41) is 1.04. The van der Waals surface area contributed by atoms with Gasteiger partial charge in [0.2, 0.25) is 0 Å². The lowest BCUT2D eigenvalue weighted by atomic mass is 10.1. The first-order valence-corrected chi connectivity index (χ1v) is 8.78. The number of alkyl halides is 1. The molecule has 0 aliphatic heterocycles. The molecule has 3 heteroatoms. The van der Waals surface area contributed by atoms with Crippen LogP contribution in [0.15, 0.2) is 48.5 Å². The predicted molar refractivity (Wildman–Crippen MR) is 96.7 cm³/mol. The fourth-order valence-electron chi connectivity index (χ4n) is 2.47. The summed E-state index contributed by atoms with van der Waals surface area (Å²) >= 11 is 7.83. The third kappa shape index (κ3) is 3.08. The summed E-state index contributed by atoms with van der Waals surface area (Å²) in [5.74, 6) is 0.494. The van der Waals surface area contributed by atoms with Crippen LogP contribution in [0.5, 0.6) is 0 Å². The number of aromatic nitrogens is 1. The summed E-state index contributed by atoms with van der Waals surface area (Å²) in [4.78, 5) is 5.98. The first-order chi connectivity index (χ1) is 10.7. The summed E-state index contributed by atoms with van der Waals surface area (Å²) < 4.78 is 0. The highest BCUT2D eigenvalue weighted by molar-refractivity contribution is 7.15. The van der Waals surface area contributed by atoms with Crippen LogP contribution in [0.2, 0.25) is 0 Å². The van der Waals surface area contributed by atoms with E-state index in [0.29, 0.717) is 5.88 Å². The molecule has 22 heavy (non-hydrogen) atoms. The molecule has 1 nitrogen and oxygen atoms in total. The quantitative estimate of drug-likeness (QED) is 0.528. The number of nitrogens with zero attached hydrogens (tertiary/aromatic N) is 1. The Labute approximate surface area is 140 Å². The number of hydrogen-bond donors (Lipinski definition) is 0. The van der Waals surface area contributed by atoms with E-state index in [-0.39, 0.29) is 0 Å². The maximum Gasteiger partial charge on any atom is 0.124 e. The highest BCUT2D eigenvalue weighted by Gasteiger charge is 2.13. The van der Waals surface area contributed by atoms with E-state index in [1.54, 1.807) is 11.3 Å². The van der Waals surface area contributed by atoms with E-state index in [0.717, 1.165) is 33.1 Å². The molecule has 3 aromatic rings. The average Bonchev–Trinajstić information content (AvgIpc) is 2.99. The Bertz CT molecular complexity index is 774. The van der Waals surface area contributed by atoms with Crippen LogP contribution in [-0.2, 0) is 12.3 Å². The van der Waals surface area contributed by atoms with Crippen LogP contribution in [0.3, 0.4) is 0 Å². The molecular weight excluding hydrogens is 310 g/mol. The lowest BCUT2D eigenvalue weighted by Crippen LogP contribution is -1.85. The van der Waals surface area contributed by atoms with Crippen molar-refractivity contribution in [1.29, 1.82) is 0 Å². The van der Waals surface area contributed by atoms with Crippen LogP contribution in [0.25, 0.3) is 21.8 Å². The molecule has 0 spiro atoms. The van der Waals surface area contributed by atoms with E-state index in [2.05, 4.69) is 62.4 Å². The van der Waals surface area contributed by atoms with Gasteiger partial charge in [0.25, 0.3) is 0 Å². The van der Waals surface area contributed by atoms with E-state index in [1.165, 1.54) is 11.1 Å². The zero-order valence-electron chi connectivity index (χ0n) is 12.8. The average molecular weight is 328 g/mol. The molecular formula is C19H18ClNS. The van der Waals surface area contributed by atoms with Crippen LogP contribution >= 0.6 is 22.9 Å². The van der Waals surface area contributed by atoms with Gasteiger partial charge in [-0.05, 0) is 25.0 Å². The molecule has 0 saturated heterocycles. The van der Waals surface area contributed by atoms with Crippen LogP contribution < -0.4 is 0 Å². The summed E-state index contributed by atoms with van der Waals surface area (Å²) in [7, 11) is 0. The Morgan fingerprint density at radius 1 is 1.05 bits per heavy atom. The van der Waals surface area contributed by atoms with E-state index in [1.807, 2.05) is 0 Å². The molecule has 0 saturated carbocycles. The lowest BCUT2D eigenvalue weighted by Gasteiger charge is -2.01. The van der Waals surface area contributed by atoms with E-state index < -0.39 is 0 Å². The van der Waals surface area contributed by atoms with Gasteiger partial charge in [-0.2, -0.15) is 0 Å². The molecule has 1 heterocycles. The zero-order chi connectivity index (χ0) is 15.5. The van der Waals surface area contributed by atoms with E-state index in [9.17, 15) is 0 Å². The summed E-state index contributed by atoms with van der Waals surface area (Å²) in [6.07, 6.45) is 1.05. The van der Waals surface area contributed by atoms with Gasteiger partial charge in [0.05, 0.1) is 11.6 Å². The number of halogens is 1. The maximum absolute atomic E-state index is 6.14. The third-order valence-electron chi connectivity index (χ3n) is 3.72. The van der Waals surface area contributed by atoms with Crippen molar-refractivity contribution in [3.05, 3.63) is 64.5 Å².